The van der Waals surface area contributed by atoms with Crippen LogP contribution in [0.3, 0.4) is 0 Å². The number of fused-ring (bicyclic) bond motifs is 2. The van der Waals surface area contributed by atoms with Crippen molar-refractivity contribution in [2.24, 2.45) is 0 Å². The fraction of sp³-hybridized carbons (Fsp3) is 0.130. The first-order valence-electron chi connectivity index (χ1n) is 9.44. The summed E-state index contributed by atoms with van der Waals surface area (Å²) in [5.41, 5.74) is 8.29. The second kappa shape index (κ2) is 9.09. The molecule has 0 spiro atoms. The van der Waals surface area contributed by atoms with E-state index >= 15 is 0 Å². The molecule has 31 heavy (non-hydrogen) atoms. The van der Waals surface area contributed by atoms with E-state index in [0.717, 1.165) is 38.4 Å². The van der Waals surface area contributed by atoms with Gasteiger partial charge in [0.1, 0.15) is 17.2 Å². The number of hydrogen-bond acceptors (Lipinski definition) is 7. The SMILES string of the molecule is COc1cccc2snc(C)c12.Cc1nsc2cccc(Oc3ccc(N)cc3Cl)c12. The van der Waals surface area contributed by atoms with Gasteiger partial charge in [-0.25, -0.2) is 0 Å². The average molecular weight is 470 g/mol. The molecule has 0 radical (unpaired) electrons. The minimum atomic E-state index is 0.498. The molecule has 0 atom stereocenters. The summed E-state index contributed by atoms with van der Waals surface area (Å²) in [6, 6.07) is 17.1. The Morgan fingerprint density at radius 2 is 1.39 bits per heavy atom. The lowest BCUT2D eigenvalue weighted by Gasteiger charge is -2.09. The Kier molecular flexibility index (Phi) is 6.27. The number of benzene rings is 3. The first-order chi connectivity index (χ1) is 15.0. The molecule has 0 bridgehead atoms. The third-order valence-electron chi connectivity index (χ3n) is 4.66. The normalized spacial score (nSPS) is 10.7. The van der Waals surface area contributed by atoms with E-state index in [-0.39, 0.29) is 0 Å². The van der Waals surface area contributed by atoms with Gasteiger partial charge in [-0.1, -0.05) is 23.7 Å². The first kappa shape index (κ1) is 21.4. The van der Waals surface area contributed by atoms with Crippen LogP contribution in [0.25, 0.3) is 20.2 Å². The highest BCUT2D eigenvalue weighted by atomic mass is 35.5. The number of ether oxygens (including phenoxy) is 2. The number of nitrogen functional groups attached to an aromatic ring is 1. The second-order valence-electron chi connectivity index (χ2n) is 6.79. The summed E-state index contributed by atoms with van der Waals surface area (Å²) in [6.07, 6.45) is 0. The predicted octanol–water partition coefficient (Wildman–Crippen LogP) is 7.25. The maximum absolute atomic E-state index is 6.13. The highest BCUT2D eigenvalue weighted by molar-refractivity contribution is 7.13. The summed E-state index contributed by atoms with van der Waals surface area (Å²) in [6.45, 7) is 3.97. The number of hydrogen-bond donors (Lipinski definition) is 1. The molecule has 0 aliphatic carbocycles. The van der Waals surface area contributed by atoms with E-state index in [0.29, 0.717) is 16.5 Å². The Balaban J connectivity index is 0.000000166. The molecule has 2 heterocycles. The Hall–Kier alpha value is -2.87. The molecular formula is C23H20ClN3O2S2. The third-order valence-corrected chi connectivity index (χ3v) is 6.76. The van der Waals surface area contributed by atoms with E-state index in [1.54, 1.807) is 25.3 Å². The van der Waals surface area contributed by atoms with Gasteiger partial charge < -0.3 is 15.2 Å². The largest absolute Gasteiger partial charge is 0.496 e. The molecule has 0 saturated heterocycles. The number of anilines is 1. The fourth-order valence-electron chi connectivity index (χ4n) is 3.19. The van der Waals surface area contributed by atoms with Crippen molar-refractivity contribution < 1.29 is 9.47 Å². The van der Waals surface area contributed by atoms with Gasteiger partial charge >= 0.3 is 0 Å². The van der Waals surface area contributed by atoms with Crippen LogP contribution >= 0.6 is 34.7 Å². The van der Waals surface area contributed by atoms with Crippen molar-refractivity contribution in [1.82, 2.24) is 8.75 Å². The van der Waals surface area contributed by atoms with Gasteiger partial charge in [-0.3, -0.25) is 0 Å². The van der Waals surface area contributed by atoms with Crippen molar-refractivity contribution in [3.63, 3.8) is 0 Å². The third kappa shape index (κ3) is 4.44. The van der Waals surface area contributed by atoms with E-state index in [9.17, 15) is 0 Å². The van der Waals surface area contributed by atoms with Crippen LogP contribution in [-0.2, 0) is 0 Å². The van der Waals surface area contributed by atoms with Crippen molar-refractivity contribution in [2.45, 2.75) is 13.8 Å². The smallest absolute Gasteiger partial charge is 0.146 e. The number of halogens is 1. The zero-order valence-corrected chi connectivity index (χ0v) is 19.6. The highest BCUT2D eigenvalue weighted by Crippen LogP contribution is 2.37. The molecule has 0 saturated carbocycles. The molecule has 0 unspecified atom stereocenters. The average Bonchev–Trinajstić information content (AvgIpc) is 3.34. The summed E-state index contributed by atoms with van der Waals surface area (Å²) in [5.74, 6) is 2.27. The zero-order chi connectivity index (χ0) is 22.0. The molecule has 158 valence electrons. The molecule has 0 aliphatic heterocycles. The molecule has 5 nitrogen and oxygen atoms in total. The highest BCUT2D eigenvalue weighted by Gasteiger charge is 2.11. The van der Waals surface area contributed by atoms with Crippen molar-refractivity contribution >= 4 is 60.5 Å². The lowest BCUT2D eigenvalue weighted by molar-refractivity contribution is 0.419. The maximum Gasteiger partial charge on any atom is 0.146 e. The molecule has 8 heteroatoms. The van der Waals surface area contributed by atoms with Gasteiger partial charge in [-0.05, 0) is 79.4 Å². The monoisotopic (exact) mass is 469 g/mol. The minimum absolute atomic E-state index is 0.498. The Morgan fingerprint density at radius 1 is 0.806 bits per heavy atom. The van der Waals surface area contributed by atoms with Crippen LogP contribution in [-0.4, -0.2) is 15.9 Å². The summed E-state index contributed by atoms with van der Waals surface area (Å²) < 4.78 is 22.0. The molecule has 0 aliphatic rings. The summed E-state index contributed by atoms with van der Waals surface area (Å²) in [7, 11) is 1.69. The Morgan fingerprint density at radius 3 is 1.97 bits per heavy atom. The van der Waals surface area contributed by atoms with E-state index in [4.69, 9.17) is 26.8 Å². The zero-order valence-electron chi connectivity index (χ0n) is 17.2. The minimum Gasteiger partial charge on any atom is -0.496 e. The fourth-order valence-corrected chi connectivity index (χ4v) is 5.03. The topological polar surface area (TPSA) is 70.3 Å². The van der Waals surface area contributed by atoms with Crippen LogP contribution in [0.2, 0.25) is 5.02 Å². The van der Waals surface area contributed by atoms with Crippen LogP contribution in [0, 0.1) is 13.8 Å². The van der Waals surface area contributed by atoms with Crippen LogP contribution in [0.1, 0.15) is 11.4 Å². The van der Waals surface area contributed by atoms with Gasteiger partial charge in [0, 0.05) is 5.69 Å². The molecule has 0 fully saturated rings. The lowest BCUT2D eigenvalue weighted by Crippen LogP contribution is -1.89. The summed E-state index contributed by atoms with van der Waals surface area (Å²) in [4.78, 5) is 0. The van der Waals surface area contributed by atoms with Crippen LogP contribution in [0.5, 0.6) is 17.2 Å². The number of nitrogens with zero attached hydrogens (tertiary/aromatic N) is 2. The van der Waals surface area contributed by atoms with Gasteiger partial charge in [0.05, 0.1) is 43.7 Å². The Labute approximate surface area is 193 Å². The van der Waals surface area contributed by atoms with Crippen LogP contribution in [0.15, 0.2) is 54.6 Å². The number of methoxy groups -OCH3 is 1. The van der Waals surface area contributed by atoms with Crippen LogP contribution < -0.4 is 15.2 Å². The number of aryl methyl sites for hydroxylation is 2. The molecule has 0 amide bonds. The van der Waals surface area contributed by atoms with E-state index in [1.165, 1.54) is 27.8 Å². The number of nitrogens with two attached hydrogens (primary N) is 1. The van der Waals surface area contributed by atoms with Gasteiger partial charge in [0.2, 0.25) is 0 Å². The molecule has 2 aromatic heterocycles. The van der Waals surface area contributed by atoms with Gasteiger partial charge in [0.15, 0.2) is 0 Å². The van der Waals surface area contributed by atoms with Crippen molar-refractivity contribution in [3.05, 3.63) is 71.0 Å². The van der Waals surface area contributed by atoms with Crippen molar-refractivity contribution in [3.8, 4) is 17.2 Å². The summed E-state index contributed by atoms with van der Waals surface area (Å²) >= 11 is 9.10. The standard InChI is InChI=1S/C14H11ClN2OS.C9H9NOS/c1-8-14-12(3-2-4-13(14)19-17-8)18-11-6-5-9(16)7-10(11)15;1-6-9-7(11-2)4-3-5-8(9)12-10-6/h2-7H,16H2,1H3;3-5H,1-2H3. The van der Waals surface area contributed by atoms with Crippen LogP contribution in [0.4, 0.5) is 5.69 Å². The predicted molar refractivity (Wildman–Crippen MR) is 131 cm³/mol. The van der Waals surface area contributed by atoms with E-state index in [2.05, 4.69) is 14.8 Å². The van der Waals surface area contributed by atoms with Crippen molar-refractivity contribution in [2.75, 3.05) is 12.8 Å². The van der Waals surface area contributed by atoms with Crippen molar-refractivity contribution in [1.29, 1.82) is 0 Å². The molecule has 5 rings (SSSR count). The van der Waals surface area contributed by atoms with Gasteiger partial charge in [-0.15, -0.1) is 0 Å². The quantitative estimate of drug-likeness (QED) is 0.282. The lowest BCUT2D eigenvalue weighted by atomic mass is 10.2. The maximum atomic E-state index is 6.13. The van der Waals surface area contributed by atoms with E-state index < -0.39 is 0 Å². The molecule has 5 aromatic rings. The first-order valence-corrected chi connectivity index (χ1v) is 11.4. The number of rotatable bonds is 3. The van der Waals surface area contributed by atoms with Gasteiger partial charge in [-0.2, -0.15) is 8.75 Å². The van der Waals surface area contributed by atoms with Gasteiger partial charge in [0.25, 0.3) is 0 Å². The molecular weight excluding hydrogens is 450 g/mol. The summed E-state index contributed by atoms with van der Waals surface area (Å²) in [5, 5.41) is 2.67. The Bertz CT molecular complexity index is 1360. The molecule has 2 N–H and O–H groups in total. The second-order valence-corrected chi connectivity index (χ2v) is 8.81. The van der Waals surface area contributed by atoms with E-state index in [1.807, 2.05) is 44.2 Å². The molecule has 3 aromatic carbocycles. The number of aromatic nitrogens is 2.